The average Bonchev–Trinajstić information content (AvgIpc) is 2.96. The minimum Gasteiger partial charge on any atom is -0.360 e. The number of carbonyl (C=O) groups is 1. The molecule has 0 aliphatic carbocycles. The van der Waals surface area contributed by atoms with Crippen LogP contribution in [-0.2, 0) is 0 Å². The molecule has 0 unspecified atom stereocenters. The SMILES string of the molecule is Cc1cc(NC(=O)c2cnc(Nc3cc(Cl)ccc3C)nc2)no1. The van der Waals surface area contributed by atoms with Crippen LogP contribution in [0.15, 0.2) is 41.2 Å². The molecule has 122 valence electrons. The molecule has 0 spiro atoms. The molecule has 2 aromatic heterocycles. The van der Waals surface area contributed by atoms with E-state index in [1.165, 1.54) is 12.4 Å². The van der Waals surface area contributed by atoms with Crippen molar-refractivity contribution in [1.29, 1.82) is 0 Å². The number of anilines is 3. The lowest BCUT2D eigenvalue weighted by Crippen LogP contribution is -2.13. The Balaban J connectivity index is 1.71. The van der Waals surface area contributed by atoms with Gasteiger partial charge in [0.25, 0.3) is 5.91 Å². The average molecular weight is 344 g/mol. The van der Waals surface area contributed by atoms with Crippen molar-refractivity contribution in [3.63, 3.8) is 0 Å². The Bertz CT molecular complexity index is 876. The first-order valence-electron chi connectivity index (χ1n) is 7.11. The fourth-order valence-corrected chi connectivity index (χ4v) is 2.15. The van der Waals surface area contributed by atoms with Crippen LogP contribution in [0.1, 0.15) is 21.7 Å². The number of halogens is 1. The molecule has 1 aromatic carbocycles. The molecule has 3 aromatic rings. The van der Waals surface area contributed by atoms with E-state index in [4.69, 9.17) is 16.1 Å². The van der Waals surface area contributed by atoms with Crippen molar-refractivity contribution < 1.29 is 9.32 Å². The molecule has 2 heterocycles. The first-order chi connectivity index (χ1) is 11.5. The maximum absolute atomic E-state index is 12.1. The van der Waals surface area contributed by atoms with E-state index in [0.29, 0.717) is 28.1 Å². The summed E-state index contributed by atoms with van der Waals surface area (Å²) >= 11 is 5.98. The van der Waals surface area contributed by atoms with E-state index < -0.39 is 0 Å². The van der Waals surface area contributed by atoms with Gasteiger partial charge in [0.2, 0.25) is 5.95 Å². The largest absolute Gasteiger partial charge is 0.360 e. The van der Waals surface area contributed by atoms with Crippen LogP contribution in [0.5, 0.6) is 0 Å². The van der Waals surface area contributed by atoms with Crippen LogP contribution < -0.4 is 10.6 Å². The smallest absolute Gasteiger partial charge is 0.260 e. The first kappa shape index (κ1) is 15.9. The summed E-state index contributed by atoms with van der Waals surface area (Å²) in [4.78, 5) is 20.4. The number of benzene rings is 1. The Hall–Kier alpha value is -2.93. The Labute approximate surface area is 143 Å². The lowest BCUT2D eigenvalue weighted by Gasteiger charge is -2.08. The van der Waals surface area contributed by atoms with Crippen LogP contribution in [0.4, 0.5) is 17.5 Å². The molecule has 24 heavy (non-hydrogen) atoms. The summed E-state index contributed by atoms with van der Waals surface area (Å²) in [7, 11) is 0. The summed E-state index contributed by atoms with van der Waals surface area (Å²) in [6.07, 6.45) is 2.86. The van der Waals surface area contributed by atoms with Gasteiger partial charge in [-0.2, -0.15) is 0 Å². The number of hydrogen-bond donors (Lipinski definition) is 2. The summed E-state index contributed by atoms with van der Waals surface area (Å²) in [5.74, 6) is 0.954. The highest BCUT2D eigenvalue weighted by atomic mass is 35.5. The van der Waals surface area contributed by atoms with Gasteiger partial charge in [-0.1, -0.05) is 22.8 Å². The number of amides is 1. The fraction of sp³-hybridized carbons (Fsp3) is 0.125. The van der Waals surface area contributed by atoms with Gasteiger partial charge in [0.15, 0.2) is 5.82 Å². The van der Waals surface area contributed by atoms with E-state index in [-0.39, 0.29) is 5.91 Å². The molecule has 2 N–H and O–H groups in total. The molecule has 0 saturated carbocycles. The van der Waals surface area contributed by atoms with E-state index in [1.807, 2.05) is 19.1 Å². The predicted octanol–water partition coefficient (Wildman–Crippen LogP) is 3.73. The second kappa shape index (κ2) is 6.67. The monoisotopic (exact) mass is 343 g/mol. The number of nitrogens with one attached hydrogen (secondary N) is 2. The predicted molar refractivity (Wildman–Crippen MR) is 90.7 cm³/mol. The minimum atomic E-state index is -0.367. The summed E-state index contributed by atoms with van der Waals surface area (Å²) in [5.41, 5.74) is 2.12. The Morgan fingerprint density at radius 1 is 1.17 bits per heavy atom. The van der Waals surface area contributed by atoms with Crippen LogP contribution in [-0.4, -0.2) is 21.0 Å². The molecular formula is C16H14ClN5O2. The zero-order valence-electron chi connectivity index (χ0n) is 13.0. The van der Waals surface area contributed by atoms with Crippen molar-refractivity contribution >= 4 is 35.0 Å². The van der Waals surface area contributed by atoms with Gasteiger partial charge in [0.05, 0.1) is 5.56 Å². The number of nitrogens with zero attached hydrogens (tertiary/aromatic N) is 3. The number of aromatic nitrogens is 3. The summed E-state index contributed by atoms with van der Waals surface area (Å²) in [6, 6.07) is 7.11. The van der Waals surface area contributed by atoms with E-state index >= 15 is 0 Å². The van der Waals surface area contributed by atoms with Crippen LogP contribution in [0, 0.1) is 13.8 Å². The van der Waals surface area contributed by atoms with E-state index in [0.717, 1.165) is 11.3 Å². The summed E-state index contributed by atoms with van der Waals surface area (Å²) < 4.78 is 4.89. The van der Waals surface area contributed by atoms with Gasteiger partial charge in [-0.25, -0.2) is 9.97 Å². The van der Waals surface area contributed by atoms with Crippen LogP contribution in [0.25, 0.3) is 0 Å². The first-order valence-corrected chi connectivity index (χ1v) is 7.49. The maximum Gasteiger partial charge on any atom is 0.260 e. The summed E-state index contributed by atoms with van der Waals surface area (Å²) in [6.45, 7) is 3.68. The second-order valence-corrected chi connectivity index (χ2v) is 5.59. The quantitative estimate of drug-likeness (QED) is 0.749. The van der Waals surface area contributed by atoms with E-state index in [2.05, 4.69) is 25.8 Å². The van der Waals surface area contributed by atoms with E-state index in [1.54, 1.807) is 19.1 Å². The van der Waals surface area contributed by atoms with Gasteiger partial charge >= 0.3 is 0 Å². The van der Waals surface area contributed by atoms with Gasteiger partial charge in [-0.15, -0.1) is 0 Å². The van der Waals surface area contributed by atoms with Crippen molar-refractivity contribution in [1.82, 2.24) is 15.1 Å². The van der Waals surface area contributed by atoms with Crippen molar-refractivity contribution in [2.24, 2.45) is 0 Å². The lowest BCUT2D eigenvalue weighted by atomic mass is 10.2. The molecule has 0 atom stereocenters. The molecule has 1 amide bonds. The van der Waals surface area contributed by atoms with Crippen LogP contribution in [0.3, 0.4) is 0 Å². The van der Waals surface area contributed by atoms with Crippen molar-refractivity contribution in [2.45, 2.75) is 13.8 Å². The van der Waals surface area contributed by atoms with Crippen molar-refractivity contribution in [3.8, 4) is 0 Å². The molecule has 7 nitrogen and oxygen atoms in total. The lowest BCUT2D eigenvalue weighted by molar-refractivity contribution is 0.102. The molecule has 0 radical (unpaired) electrons. The van der Waals surface area contributed by atoms with Crippen molar-refractivity contribution in [3.05, 3.63) is 58.6 Å². The highest BCUT2D eigenvalue weighted by Crippen LogP contribution is 2.22. The highest BCUT2D eigenvalue weighted by Gasteiger charge is 2.10. The fourth-order valence-electron chi connectivity index (χ4n) is 1.97. The zero-order chi connectivity index (χ0) is 17.1. The third-order valence-electron chi connectivity index (χ3n) is 3.23. The summed E-state index contributed by atoms with van der Waals surface area (Å²) in [5, 5.41) is 9.98. The second-order valence-electron chi connectivity index (χ2n) is 5.16. The Kier molecular flexibility index (Phi) is 4.43. The third-order valence-corrected chi connectivity index (χ3v) is 3.46. The third kappa shape index (κ3) is 3.69. The van der Waals surface area contributed by atoms with Crippen LogP contribution >= 0.6 is 11.6 Å². The number of hydrogen-bond acceptors (Lipinski definition) is 6. The van der Waals surface area contributed by atoms with Gasteiger partial charge in [-0.05, 0) is 31.5 Å². The Morgan fingerprint density at radius 2 is 1.92 bits per heavy atom. The molecule has 8 heteroatoms. The van der Waals surface area contributed by atoms with Gasteiger partial charge in [-0.3, -0.25) is 4.79 Å². The molecule has 3 rings (SSSR count). The molecular weight excluding hydrogens is 330 g/mol. The number of rotatable bonds is 4. The zero-order valence-corrected chi connectivity index (χ0v) is 13.8. The number of aryl methyl sites for hydroxylation is 2. The minimum absolute atomic E-state index is 0.309. The highest BCUT2D eigenvalue weighted by molar-refractivity contribution is 6.30. The molecule has 0 saturated heterocycles. The molecule has 0 aliphatic rings. The van der Waals surface area contributed by atoms with E-state index in [9.17, 15) is 4.79 Å². The van der Waals surface area contributed by atoms with Gasteiger partial charge in [0.1, 0.15) is 5.76 Å². The van der Waals surface area contributed by atoms with Crippen molar-refractivity contribution in [2.75, 3.05) is 10.6 Å². The van der Waals surface area contributed by atoms with Gasteiger partial charge < -0.3 is 15.2 Å². The van der Waals surface area contributed by atoms with Crippen LogP contribution in [0.2, 0.25) is 5.02 Å². The Morgan fingerprint density at radius 3 is 2.58 bits per heavy atom. The molecule has 0 aliphatic heterocycles. The van der Waals surface area contributed by atoms with Gasteiger partial charge in [0, 0.05) is 29.2 Å². The maximum atomic E-state index is 12.1. The topological polar surface area (TPSA) is 92.9 Å². The standard InChI is InChI=1S/C16H14ClN5O2/c1-9-3-4-12(17)6-13(9)20-16-18-7-11(8-19-16)15(23)21-14-5-10(2)24-22-14/h3-8H,1-2H3,(H,18,19,20)(H,21,22,23). The molecule has 0 fully saturated rings. The normalized spacial score (nSPS) is 10.5. The molecule has 0 bridgehead atoms. The number of carbonyl (C=O) groups excluding carboxylic acids is 1.